The summed E-state index contributed by atoms with van der Waals surface area (Å²) in [4.78, 5) is 12.2. The lowest BCUT2D eigenvalue weighted by atomic mass is 10.1. The molecule has 2 rings (SSSR count). The molecule has 0 atom stereocenters. The van der Waals surface area contributed by atoms with E-state index in [0.29, 0.717) is 12.0 Å². The first kappa shape index (κ1) is 14.6. The number of anilines is 2. The lowest BCUT2D eigenvalue weighted by Crippen LogP contribution is -2.12. The molecule has 2 aromatic carbocycles. The van der Waals surface area contributed by atoms with E-state index in [0.717, 1.165) is 22.5 Å². The second-order valence-electron chi connectivity index (χ2n) is 4.77. The van der Waals surface area contributed by atoms with Crippen molar-refractivity contribution < 1.29 is 4.79 Å². The van der Waals surface area contributed by atoms with Crippen molar-refractivity contribution >= 4 is 17.3 Å². The molecular weight excluding hydrogens is 262 g/mol. The Bertz CT molecular complexity index is 684. The molecule has 0 aliphatic rings. The third-order valence-electron chi connectivity index (χ3n) is 3.25. The van der Waals surface area contributed by atoms with E-state index in [1.54, 1.807) is 18.2 Å². The number of benzene rings is 2. The average Bonchev–Trinajstić information content (AvgIpc) is 2.49. The zero-order valence-electron chi connectivity index (χ0n) is 12.1. The number of aryl methyl sites for hydroxylation is 1. The summed E-state index contributed by atoms with van der Waals surface area (Å²) in [5.74, 6) is -0.145. The summed E-state index contributed by atoms with van der Waals surface area (Å²) in [5.41, 5.74) is 4.30. The van der Waals surface area contributed by atoms with E-state index >= 15 is 0 Å². The first-order chi connectivity index (χ1) is 10.1. The van der Waals surface area contributed by atoms with Gasteiger partial charge >= 0.3 is 0 Å². The third kappa shape index (κ3) is 3.61. The van der Waals surface area contributed by atoms with Crippen LogP contribution in [0.4, 0.5) is 11.4 Å². The lowest BCUT2D eigenvalue weighted by molar-refractivity contribution is 0.102. The molecule has 4 nitrogen and oxygen atoms in total. The molecule has 1 amide bonds. The van der Waals surface area contributed by atoms with Crippen molar-refractivity contribution in [2.75, 3.05) is 17.7 Å². The third-order valence-corrected chi connectivity index (χ3v) is 3.25. The predicted molar refractivity (Wildman–Crippen MR) is 84.4 cm³/mol. The molecule has 2 N–H and O–H groups in total. The van der Waals surface area contributed by atoms with E-state index in [1.807, 2.05) is 38.2 Å². The topological polar surface area (TPSA) is 64.9 Å². The first-order valence-electron chi connectivity index (χ1n) is 6.69. The number of rotatable bonds is 4. The molecule has 0 aliphatic heterocycles. The van der Waals surface area contributed by atoms with Crippen molar-refractivity contribution in [2.45, 2.75) is 13.3 Å². The highest BCUT2D eigenvalue weighted by Gasteiger charge is 2.07. The maximum Gasteiger partial charge on any atom is 0.255 e. The largest absolute Gasteiger partial charge is 0.388 e. The number of hydrogen-bond donors (Lipinski definition) is 2. The Morgan fingerprint density at radius 2 is 1.90 bits per heavy atom. The molecule has 0 saturated carbocycles. The molecule has 21 heavy (non-hydrogen) atoms. The quantitative estimate of drug-likeness (QED) is 0.902. The number of carbonyl (C=O) groups is 1. The number of nitriles is 1. The summed E-state index contributed by atoms with van der Waals surface area (Å²) in [6.45, 7) is 1.96. The van der Waals surface area contributed by atoms with Gasteiger partial charge in [0.2, 0.25) is 0 Å². The smallest absolute Gasteiger partial charge is 0.255 e. The Balaban J connectivity index is 2.10. The van der Waals surface area contributed by atoms with Gasteiger partial charge in [-0.05, 0) is 48.4 Å². The maximum atomic E-state index is 12.2. The van der Waals surface area contributed by atoms with E-state index < -0.39 is 0 Å². The number of nitrogens with one attached hydrogen (secondary N) is 2. The fourth-order valence-electron chi connectivity index (χ4n) is 2.09. The predicted octanol–water partition coefficient (Wildman–Crippen LogP) is 3.36. The van der Waals surface area contributed by atoms with Gasteiger partial charge in [0.1, 0.15) is 0 Å². The van der Waals surface area contributed by atoms with E-state index in [9.17, 15) is 4.79 Å². The van der Waals surface area contributed by atoms with Crippen molar-refractivity contribution in [1.29, 1.82) is 5.26 Å². The molecule has 4 heteroatoms. The number of nitrogens with zero attached hydrogens (tertiary/aromatic N) is 1. The van der Waals surface area contributed by atoms with E-state index in [2.05, 4.69) is 16.7 Å². The van der Waals surface area contributed by atoms with E-state index in [4.69, 9.17) is 5.26 Å². The average molecular weight is 279 g/mol. The van der Waals surface area contributed by atoms with Crippen LogP contribution in [0.15, 0.2) is 42.5 Å². The molecule has 0 aromatic heterocycles. The molecule has 0 heterocycles. The molecule has 0 spiro atoms. The maximum absolute atomic E-state index is 12.2. The number of carbonyl (C=O) groups excluding carboxylic acids is 1. The van der Waals surface area contributed by atoms with Crippen LogP contribution in [-0.2, 0) is 6.42 Å². The number of amides is 1. The van der Waals surface area contributed by atoms with Crippen LogP contribution in [0.25, 0.3) is 0 Å². The van der Waals surface area contributed by atoms with Gasteiger partial charge in [-0.1, -0.05) is 12.1 Å². The summed E-state index contributed by atoms with van der Waals surface area (Å²) < 4.78 is 0. The fraction of sp³-hybridized carbons (Fsp3) is 0.176. The van der Waals surface area contributed by atoms with Gasteiger partial charge in [-0.25, -0.2) is 0 Å². The van der Waals surface area contributed by atoms with Crippen LogP contribution in [-0.4, -0.2) is 13.0 Å². The van der Waals surface area contributed by atoms with Gasteiger partial charge in [-0.3, -0.25) is 4.79 Å². The van der Waals surface area contributed by atoms with Gasteiger partial charge in [0.05, 0.1) is 12.5 Å². The van der Waals surface area contributed by atoms with Crippen molar-refractivity contribution in [3.8, 4) is 6.07 Å². The Morgan fingerprint density at radius 1 is 1.19 bits per heavy atom. The van der Waals surface area contributed by atoms with Crippen LogP contribution in [0.3, 0.4) is 0 Å². The number of hydrogen-bond acceptors (Lipinski definition) is 3. The van der Waals surface area contributed by atoms with Crippen LogP contribution in [0, 0.1) is 18.3 Å². The molecule has 2 aromatic rings. The van der Waals surface area contributed by atoms with E-state index in [1.165, 1.54) is 0 Å². The van der Waals surface area contributed by atoms with Crippen molar-refractivity contribution in [1.82, 2.24) is 0 Å². The van der Waals surface area contributed by atoms with Gasteiger partial charge in [-0.2, -0.15) is 5.26 Å². The van der Waals surface area contributed by atoms with Crippen LogP contribution in [0.5, 0.6) is 0 Å². The normalized spacial score (nSPS) is 9.76. The van der Waals surface area contributed by atoms with E-state index in [-0.39, 0.29) is 5.91 Å². The molecule has 0 aliphatic carbocycles. The van der Waals surface area contributed by atoms with Crippen LogP contribution in [0.1, 0.15) is 21.5 Å². The van der Waals surface area contributed by atoms with Gasteiger partial charge < -0.3 is 10.6 Å². The zero-order chi connectivity index (χ0) is 15.2. The fourth-order valence-corrected chi connectivity index (χ4v) is 2.09. The standard InChI is InChI=1S/C17H17N3O/c1-12-11-14(5-8-16(12)19-2)17(21)20-15-6-3-13(4-7-15)9-10-18/h3-8,11,19H,9H2,1-2H3,(H,20,21). The highest BCUT2D eigenvalue weighted by atomic mass is 16.1. The second kappa shape index (κ2) is 6.58. The highest BCUT2D eigenvalue weighted by molar-refractivity contribution is 6.04. The minimum absolute atomic E-state index is 0.145. The highest BCUT2D eigenvalue weighted by Crippen LogP contribution is 2.17. The summed E-state index contributed by atoms with van der Waals surface area (Å²) in [6, 6.07) is 14.9. The molecule has 0 unspecified atom stereocenters. The Hall–Kier alpha value is -2.80. The van der Waals surface area contributed by atoms with Gasteiger partial charge in [0.15, 0.2) is 0 Å². The van der Waals surface area contributed by atoms with Crippen LogP contribution < -0.4 is 10.6 Å². The Labute approximate surface area is 124 Å². The first-order valence-corrected chi connectivity index (χ1v) is 6.69. The van der Waals surface area contributed by atoms with Crippen LogP contribution in [0.2, 0.25) is 0 Å². The SMILES string of the molecule is CNc1ccc(C(=O)Nc2ccc(CC#N)cc2)cc1C. The summed E-state index contributed by atoms with van der Waals surface area (Å²) in [5, 5.41) is 14.5. The zero-order valence-corrected chi connectivity index (χ0v) is 12.1. The summed E-state index contributed by atoms with van der Waals surface area (Å²) >= 11 is 0. The molecular formula is C17H17N3O. The Kier molecular flexibility index (Phi) is 4.57. The van der Waals surface area contributed by atoms with Crippen molar-refractivity contribution in [3.63, 3.8) is 0 Å². The molecule has 0 radical (unpaired) electrons. The molecule has 0 fully saturated rings. The minimum Gasteiger partial charge on any atom is -0.388 e. The summed E-state index contributed by atoms with van der Waals surface area (Å²) in [7, 11) is 1.85. The van der Waals surface area contributed by atoms with Gasteiger partial charge in [0.25, 0.3) is 5.91 Å². The second-order valence-corrected chi connectivity index (χ2v) is 4.77. The molecule has 106 valence electrons. The minimum atomic E-state index is -0.145. The molecule has 0 bridgehead atoms. The van der Waals surface area contributed by atoms with Crippen molar-refractivity contribution in [2.24, 2.45) is 0 Å². The van der Waals surface area contributed by atoms with Crippen molar-refractivity contribution in [3.05, 3.63) is 59.2 Å². The Morgan fingerprint density at radius 3 is 2.48 bits per heavy atom. The van der Waals surface area contributed by atoms with Gasteiger partial charge in [0, 0.05) is 24.0 Å². The van der Waals surface area contributed by atoms with Crippen LogP contribution >= 0.6 is 0 Å². The van der Waals surface area contributed by atoms with Gasteiger partial charge in [-0.15, -0.1) is 0 Å². The lowest BCUT2D eigenvalue weighted by Gasteiger charge is -2.09. The monoisotopic (exact) mass is 279 g/mol. The molecule has 0 saturated heterocycles. The summed E-state index contributed by atoms with van der Waals surface area (Å²) in [6.07, 6.45) is 0.374.